The number of nitrogens with zero attached hydrogens (tertiary/aromatic N) is 2. The molecule has 2 heterocycles. The van der Waals surface area contributed by atoms with E-state index in [0.717, 1.165) is 18.4 Å². The van der Waals surface area contributed by atoms with Crippen molar-refractivity contribution < 1.29 is 13.2 Å². The van der Waals surface area contributed by atoms with E-state index in [-0.39, 0.29) is 16.8 Å². The molecular weight excluding hydrogens is 446 g/mol. The summed E-state index contributed by atoms with van der Waals surface area (Å²) in [5, 5.41) is 4.02. The van der Waals surface area contributed by atoms with E-state index in [1.807, 2.05) is 35.2 Å². The van der Waals surface area contributed by atoms with Crippen molar-refractivity contribution in [2.45, 2.75) is 55.6 Å². The van der Waals surface area contributed by atoms with E-state index in [0.29, 0.717) is 43.9 Å². The van der Waals surface area contributed by atoms with Crippen LogP contribution in [-0.4, -0.2) is 54.9 Å². The SMILES string of the molecule is CCCCN1C(=O)C(Cc2ccccc2)NC12CCN(S(=O)(=O)c1cccc(Cl)c1)CC2. The van der Waals surface area contributed by atoms with Gasteiger partial charge in [0.15, 0.2) is 0 Å². The highest BCUT2D eigenvalue weighted by Gasteiger charge is 2.52. The van der Waals surface area contributed by atoms with Crippen molar-refractivity contribution in [1.29, 1.82) is 0 Å². The van der Waals surface area contributed by atoms with Gasteiger partial charge in [-0.05, 0) is 49.4 Å². The number of amides is 1. The second kappa shape index (κ2) is 9.51. The zero-order valence-electron chi connectivity index (χ0n) is 18.3. The molecule has 0 radical (unpaired) electrons. The molecule has 1 unspecified atom stereocenters. The van der Waals surface area contributed by atoms with Crippen LogP contribution in [0.2, 0.25) is 5.02 Å². The van der Waals surface area contributed by atoms with Gasteiger partial charge in [-0.15, -0.1) is 0 Å². The summed E-state index contributed by atoms with van der Waals surface area (Å²) >= 11 is 6.02. The van der Waals surface area contributed by atoms with Crippen molar-refractivity contribution in [2.24, 2.45) is 0 Å². The Morgan fingerprint density at radius 1 is 1.09 bits per heavy atom. The molecule has 1 spiro atoms. The Morgan fingerprint density at radius 3 is 2.47 bits per heavy atom. The minimum absolute atomic E-state index is 0.119. The monoisotopic (exact) mass is 475 g/mol. The molecule has 2 fully saturated rings. The van der Waals surface area contributed by atoms with Gasteiger partial charge < -0.3 is 4.90 Å². The van der Waals surface area contributed by atoms with Crippen LogP contribution in [0, 0.1) is 0 Å². The Morgan fingerprint density at radius 2 is 1.81 bits per heavy atom. The Balaban J connectivity index is 1.52. The number of nitrogens with one attached hydrogen (secondary N) is 1. The molecule has 6 nitrogen and oxygen atoms in total. The van der Waals surface area contributed by atoms with Crippen molar-refractivity contribution in [3.63, 3.8) is 0 Å². The zero-order valence-corrected chi connectivity index (χ0v) is 19.9. The minimum Gasteiger partial charge on any atom is -0.323 e. The van der Waals surface area contributed by atoms with Crippen LogP contribution in [-0.2, 0) is 21.2 Å². The Kier molecular flexibility index (Phi) is 6.91. The van der Waals surface area contributed by atoms with Crippen molar-refractivity contribution in [1.82, 2.24) is 14.5 Å². The lowest BCUT2D eigenvalue weighted by Crippen LogP contribution is -2.59. The maximum Gasteiger partial charge on any atom is 0.243 e. The summed E-state index contributed by atoms with van der Waals surface area (Å²) in [5.74, 6) is 0.119. The number of sulfonamides is 1. The van der Waals surface area contributed by atoms with E-state index in [9.17, 15) is 13.2 Å². The van der Waals surface area contributed by atoms with Gasteiger partial charge in [-0.1, -0.05) is 61.3 Å². The Bertz CT molecular complexity index is 1050. The maximum atomic E-state index is 13.3. The molecule has 1 atom stereocenters. The molecule has 2 aromatic carbocycles. The first-order valence-corrected chi connectivity index (χ1v) is 13.1. The highest BCUT2D eigenvalue weighted by Crippen LogP contribution is 2.35. The second-order valence-corrected chi connectivity index (χ2v) is 11.0. The van der Waals surface area contributed by atoms with Gasteiger partial charge in [0.05, 0.1) is 16.6 Å². The summed E-state index contributed by atoms with van der Waals surface area (Å²) in [6.45, 7) is 3.52. The molecule has 32 heavy (non-hydrogen) atoms. The van der Waals surface area contributed by atoms with Crippen LogP contribution in [0.5, 0.6) is 0 Å². The van der Waals surface area contributed by atoms with Crippen LogP contribution in [0.25, 0.3) is 0 Å². The molecule has 172 valence electrons. The van der Waals surface area contributed by atoms with Crippen LogP contribution in [0.15, 0.2) is 59.5 Å². The highest BCUT2D eigenvalue weighted by atomic mass is 35.5. The summed E-state index contributed by atoms with van der Waals surface area (Å²) < 4.78 is 27.8. The van der Waals surface area contributed by atoms with Crippen molar-refractivity contribution in [3.8, 4) is 0 Å². The Labute approximate surface area is 195 Å². The van der Waals surface area contributed by atoms with Gasteiger partial charge in [0, 0.05) is 24.7 Å². The largest absolute Gasteiger partial charge is 0.323 e. The summed E-state index contributed by atoms with van der Waals surface area (Å²) in [7, 11) is -3.62. The number of piperidine rings is 1. The smallest absolute Gasteiger partial charge is 0.243 e. The molecule has 1 N–H and O–H groups in total. The molecule has 2 aliphatic heterocycles. The fraction of sp³-hybridized carbons (Fsp3) is 0.458. The molecule has 2 aromatic rings. The van der Waals surface area contributed by atoms with Gasteiger partial charge in [0.1, 0.15) is 0 Å². The maximum absolute atomic E-state index is 13.3. The molecule has 2 aliphatic rings. The third-order valence-electron chi connectivity index (χ3n) is 6.53. The predicted octanol–water partition coefficient (Wildman–Crippen LogP) is 3.66. The van der Waals surface area contributed by atoms with Gasteiger partial charge in [0.25, 0.3) is 0 Å². The average molecular weight is 476 g/mol. The number of carbonyl (C=O) groups is 1. The molecule has 1 amide bonds. The van der Waals surface area contributed by atoms with Gasteiger partial charge in [-0.2, -0.15) is 4.31 Å². The molecule has 8 heteroatoms. The lowest BCUT2D eigenvalue weighted by atomic mass is 9.97. The third kappa shape index (κ3) is 4.57. The van der Waals surface area contributed by atoms with Crippen molar-refractivity contribution in [2.75, 3.05) is 19.6 Å². The predicted molar refractivity (Wildman–Crippen MR) is 126 cm³/mol. The van der Waals surface area contributed by atoms with Crippen molar-refractivity contribution in [3.05, 3.63) is 65.2 Å². The van der Waals surface area contributed by atoms with E-state index < -0.39 is 15.7 Å². The van der Waals surface area contributed by atoms with E-state index in [1.54, 1.807) is 18.2 Å². The minimum atomic E-state index is -3.62. The number of rotatable bonds is 7. The first kappa shape index (κ1) is 23.2. The summed E-state index contributed by atoms with van der Waals surface area (Å²) in [6.07, 6.45) is 3.69. The summed E-state index contributed by atoms with van der Waals surface area (Å²) in [4.78, 5) is 15.5. The number of carbonyl (C=O) groups excluding carboxylic acids is 1. The van der Waals surface area contributed by atoms with Gasteiger partial charge >= 0.3 is 0 Å². The standard InChI is InChI=1S/C24H30ClN3O3S/c1-2-3-14-28-23(29)22(17-19-8-5-4-6-9-19)26-24(28)12-15-27(16-13-24)32(30,31)21-11-7-10-20(25)18-21/h4-11,18,22,26H,2-3,12-17H2,1H3. The quantitative estimate of drug-likeness (QED) is 0.663. The normalized spacial score (nSPS) is 21.4. The van der Waals surface area contributed by atoms with Crippen LogP contribution in [0.1, 0.15) is 38.2 Å². The van der Waals surface area contributed by atoms with E-state index in [2.05, 4.69) is 12.2 Å². The number of benzene rings is 2. The molecule has 4 rings (SSSR count). The van der Waals surface area contributed by atoms with Crippen molar-refractivity contribution >= 4 is 27.5 Å². The molecular formula is C24H30ClN3O3S. The zero-order chi connectivity index (χ0) is 22.8. The third-order valence-corrected chi connectivity index (χ3v) is 8.65. The van der Waals surface area contributed by atoms with Crippen LogP contribution in [0.4, 0.5) is 0 Å². The van der Waals surface area contributed by atoms with Crippen LogP contribution >= 0.6 is 11.6 Å². The summed E-state index contributed by atoms with van der Waals surface area (Å²) in [6, 6.07) is 16.1. The molecule has 2 saturated heterocycles. The van der Waals surface area contributed by atoms with Gasteiger partial charge in [-0.3, -0.25) is 10.1 Å². The van der Waals surface area contributed by atoms with E-state index >= 15 is 0 Å². The van der Waals surface area contributed by atoms with Crippen LogP contribution < -0.4 is 5.32 Å². The first-order chi connectivity index (χ1) is 15.4. The first-order valence-electron chi connectivity index (χ1n) is 11.2. The van der Waals surface area contributed by atoms with Crippen LogP contribution in [0.3, 0.4) is 0 Å². The van der Waals surface area contributed by atoms with Gasteiger partial charge in [-0.25, -0.2) is 8.42 Å². The lowest BCUT2D eigenvalue weighted by Gasteiger charge is -2.44. The number of halogens is 1. The topological polar surface area (TPSA) is 69.7 Å². The second-order valence-electron chi connectivity index (χ2n) is 8.62. The summed E-state index contributed by atoms with van der Waals surface area (Å²) in [5.41, 5.74) is 0.623. The fourth-order valence-electron chi connectivity index (χ4n) is 4.78. The van der Waals surface area contributed by atoms with E-state index in [1.165, 1.54) is 10.4 Å². The highest BCUT2D eigenvalue weighted by molar-refractivity contribution is 7.89. The van der Waals surface area contributed by atoms with Gasteiger partial charge in [0.2, 0.25) is 15.9 Å². The fourth-order valence-corrected chi connectivity index (χ4v) is 6.52. The average Bonchev–Trinajstić information content (AvgIpc) is 3.03. The van der Waals surface area contributed by atoms with E-state index in [4.69, 9.17) is 11.6 Å². The molecule has 0 aliphatic carbocycles. The number of hydrogen-bond acceptors (Lipinski definition) is 4. The lowest BCUT2D eigenvalue weighted by molar-refractivity contribution is -0.133. The Hall–Kier alpha value is -1.93. The molecule has 0 aromatic heterocycles. The number of hydrogen-bond donors (Lipinski definition) is 1. The molecule has 0 bridgehead atoms. The number of unbranched alkanes of at least 4 members (excludes halogenated alkanes) is 1. The molecule has 0 saturated carbocycles.